The molecule has 1 aromatic rings. The SMILES string of the molecule is C#Cc1cccc(NC(=O)N2C[C@@H](C(=O)NCCOC)CC[C@H]2C)c1. The number of nitrogens with zero attached hydrogens (tertiary/aromatic N) is 1. The molecule has 0 bridgehead atoms. The molecule has 134 valence electrons. The summed E-state index contributed by atoms with van der Waals surface area (Å²) in [4.78, 5) is 26.6. The molecule has 25 heavy (non-hydrogen) atoms. The first-order valence-corrected chi connectivity index (χ1v) is 8.46. The van der Waals surface area contributed by atoms with Gasteiger partial charge in [0.2, 0.25) is 5.91 Å². The molecule has 2 atom stereocenters. The Labute approximate surface area is 148 Å². The zero-order chi connectivity index (χ0) is 18.2. The molecule has 0 radical (unpaired) electrons. The zero-order valence-corrected chi connectivity index (χ0v) is 14.7. The number of urea groups is 1. The van der Waals surface area contributed by atoms with E-state index in [9.17, 15) is 9.59 Å². The van der Waals surface area contributed by atoms with Crippen molar-refractivity contribution in [2.45, 2.75) is 25.8 Å². The van der Waals surface area contributed by atoms with Crippen molar-refractivity contribution in [3.05, 3.63) is 29.8 Å². The molecule has 1 fully saturated rings. The number of anilines is 1. The molecular formula is C19H25N3O3. The summed E-state index contributed by atoms with van der Waals surface area (Å²) in [6.45, 7) is 3.36. The van der Waals surface area contributed by atoms with Gasteiger partial charge in [-0.15, -0.1) is 6.42 Å². The number of hydrogen-bond donors (Lipinski definition) is 2. The molecule has 0 unspecified atom stereocenters. The van der Waals surface area contributed by atoms with Gasteiger partial charge in [-0.25, -0.2) is 4.79 Å². The quantitative estimate of drug-likeness (QED) is 0.635. The van der Waals surface area contributed by atoms with Crippen LogP contribution in [-0.4, -0.2) is 49.7 Å². The van der Waals surface area contributed by atoms with Crippen LogP contribution in [0.15, 0.2) is 24.3 Å². The van der Waals surface area contributed by atoms with Gasteiger partial charge in [-0.05, 0) is 38.0 Å². The van der Waals surface area contributed by atoms with Crippen molar-refractivity contribution in [2.24, 2.45) is 5.92 Å². The largest absolute Gasteiger partial charge is 0.383 e. The monoisotopic (exact) mass is 343 g/mol. The van der Waals surface area contributed by atoms with E-state index < -0.39 is 0 Å². The van der Waals surface area contributed by atoms with Crippen molar-refractivity contribution in [1.82, 2.24) is 10.2 Å². The molecule has 2 N–H and O–H groups in total. The average molecular weight is 343 g/mol. The van der Waals surface area contributed by atoms with Crippen LogP contribution in [0.2, 0.25) is 0 Å². The van der Waals surface area contributed by atoms with Gasteiger partial charge in [0.1, 0.15) is 0 Å². The van der Waals surface area contributed by atoms with Crippen LogP contribution in [0.4, 0.5) is 10.5 Å². The predicted octanol–water partition coefficient (Wildman–Crippen LogP) is 2.06. The van der Waals surface area contributed by atoms with E-state index in [0.717, 1.165) is 12.8 Å². The minimum Gasteiger partial charge on any atom is -0.383 e. The van der Waals surface area contributed by atoms with Crippen LogP contribution in [0.25, 0.3) is 0 Å². The molecule has 1 aliphatic rings. The Morgan fingerprint density at radius 2 is 2.20 bits per heavy atom. The van der Waals surface area contributed by atoms with Crippen LogP contribution in [0.3, 0.4) is 0 Å². The van der Waals surface area contributed by atoms with Crippen molar-refractivity contribution >= 4 is 17.6 Å². The van der Waals surface area contributed by atoms with E-state index in [4.69, 9.17) is 11.2 Å². The summed E-state index contributed by atoms with van der Waals surface area (Å²) >= 11 is 0. The molecule has 0 aliphatic carbocycles. The maximum Gasteiger partial charge on any atom is 0.322 e. The molecule has 1 aromatic carbocycles. The number of amides is 3. The predicted molar refractivity (Wildman–Crippen MR) is 97.2 cm³/mol. The highest BCUT2D eigenvalue weighted by molar-refractivity contribution is 5.90. The number of hydrogen-bond acceptors (Lipinski definition) is 3. The van der Waals surface area contributed by atoms with Crippen LogP contribution in [0.1, 0.15) is 25.3 Å². The smallest absolute Gasteiger partial charge is 0.322 e. The van der Waals surface area contributed by atoms with E-state index >= 15 is 0 Å². The molecular weight excluding hydrogens is 318 g/mol. The Balaban J connectivity index is 1.97. The lowest BCUT2D eigenvalue weighted by Crippen LogP contribution is -2.51. The fourth-order valence-corrected chi connectivity index (χ4v) is 2.91. The molecule has 1 saturated heterocycles. The Kier molecular flexibility index (Phi) is 6.84. The highest BCUT2D eigenvalue weighted by atomic mass is 16.5. The van der Waals surface area contributed by atoms with E-state index in [0.29, 0.717) is 30.9 Å². The molecule has 2 rings (SSSR count). The molecule has 3 amide bonds. The third kappa shape index (κ3) is 5.23. The summed E-state index contributed by atoms with van der Waals surface area (Å²) in [7, 11) is 1.59. The van der Waals surface area contributed by atoms with Gasteiger partial charge in [0, 0.05) is 37.5 Å². The average Bonchev–Trinajstić information content (AvgIpc) is 2.62. The Morgan fingerprint density at radius 1 is 1.40 bits per heavy atom. The summed E-state index contributed by atoms with van der Waals surface area (Å²) in [6.07, 6.45) is 6.96. The van der Waals surface area contributed by atoms with E-state index in [1.54, 1.807) is 36.3 Å². The number of nitrogens with one attached hydrogen (secondary N) is 2. The normalized spacial score (nSPS) is 19.8. The highest BCUT2D eigenvalue weighted by Gasteiger charge is 2.32. The summed E-state index contributed by atoms with van der Waals surface area (Å²) in [5, 5.41) is 5.72. The maximum absolute atomic E-state index is 12.6. The molecule has 6 heteroatoms. The Bertz CT molecular complexity index is 654. The van der Waals surface area contributed by atoms with Gasteiger partial charge in [-0.2, -0.15) is 0 Å². The van der Waals surface area contributed by atoms with E-state index in [1.165, 1.54) is 0 Å². The molecule has 6 nitrogen and oxygen atoms in total. The van der Waals surface area contributed by atoms with Gasteiger partial charge in [0.25, 0.3) is 0 Å². The van der Waals surface area contributed by atoms with Crippen LogP contribution < -0.4 is 10.6 Å². The van der Waals surface area contributed by atoms with Crippen LogP contribution in [0, 0.1) is 18.3 Å². The van der Waals surface area contributed by atoms with Gasteiger partial charge in [-0.1, -0.05) is 12.0 Å². The molecule has 1 aliphatic heterocycles. The van der Waals surface area contributed by atoms with Gasteiger partial charge >= 0.3 is 6.03 Å². The Morgan fingerprint density at radius 3 is 2.92 bits per heavy atom. The van der Waals surface area contributed by atoms with Gasteiger partial charge in [0.15, 0.2) is 0 Å². The third-order valence-corrected chi connectivity index (χ3v) is 4.40. The second kappa shape index (κ2) is 9.09. The van der Waals surface area contributed by atoms with Crippen LogP contribution in [0.5, 0.6) is 0 Å². The lowest BCUT2D eigenvalue weighted by molar-refractivity contribution is -0.126. The summed E-state index contributed by atoms with van der Waals surface area (Å²) in [5.74, 6) is 2.32. The van der Waals surface area contributed by atoms with E-state index in [1.807, 2.05) is 6.92 Å². The lowest BCUT2D eigenvalue weighted by atomic mass is 9.93. The van der Waals surface area contributed by atoms with Crippen molar-refractivity contribution < 1.29 is 14.3 Å². The number of rotatable bonds is 5. The number of carbonyl (C=O) groups is 2. The second-order valence-corrected chi connectivity index (χ2v) is 6.21. The number of methoxy groups -OCH3 is 1. The highest BCUT2D eigenvalue weighted by Crippen LogP contribution is 2.23. The number of carbonyl (C=O) groups excluding carboxylic acids is 2. The standard InChI is InChI=1S/C19H25N3O3/c1-4-15-6-5-7-17(12-15)21-19(24)22-13-16(9-8-14(22)2)18(23)20-10-11-25-3/h1,5-7,12,14,16H,8-11,13H2,2-3H3,(H,20,23)(H,21,24)/t14-,16+/m1/s1. The van der Waals surface area contributed by atoms with Gasteiger partial charge in [-0.3, -0.25) is 4.79 Å². The first-order chi connectivity index (χ1) is 12.0. The number of terminal acetylenes is 1. The van der Waals surface area contributed by atoms with Crippen molar-refractivity contribution in [2.75, 3.05) is 32.1 Å². The van der Waals surface area contributed by atoms with Crippen molar-refractivity contribution in [1.29, 1.82) is 0 Å². The van der Waals surface area contributed by atoms with Gasteiger partial charge in [0.05, 0.1) is 12.5 Å². The fraction of sp³-hybridized carbons (Fsp3) is 0.474. The van der Waals surface area contributed by atoms with Crippen molar-refractivity contribution in [3.63, 3.8) is 0 Å². The molecule has 0 spiro atoms. The number of piperidine rings is 1. The minimum atomic E-state index is -0.212. The molecule has 0 aromatic heterocycles. The topological polar surface area (TPSA) is 70.7 Å². The van der Waals surface area contributed by atoms with E-state index in [-0.39, 0.29) is 23.9 Å². The lowest BCUT2D eigenvalue weighted by Gasteiger charge is -2.37. The maximum atomic E-state index is 12.6. The summed E-state index contributed by atoms with van der Waals surface area (Å²) in [5.41, 5.74) is 1.36. The zero-order valence-electron chi connectivity index (χ0n) is 14.7. The van der Waals surface area contributed by atoms with E-state index in [2.05, 4.69) is 16.6 Å². The summed E-state index contributed by atoms with van der Waals surface area (Å²) < 4.78 is 4.94. The number of benzene rings is 1. The Hall–Kier alpha value is -2.52. The minimum absolute atomic E-state index is 0.0314. The van der Waals surface area contributed by atoms with Crippen molar-refractivity contribution in [3.8, 4) is 12.3 Å². The van der Waals surface area contributed by atoms with Crippen LogP contribution >= 0.6 is 0 Å². The first-order valence-electron chi connectivity index (χ1n) is 8.46. The second-order valence-electron chi connectivity index (χ2n) is 6.21. The van der Waals surface area contributed by atoms with Gasteiger partial charge < -0.3 is 20.3 Å². The third-order valence-electron chi connectivity index (χ3n) is 4.40. The molecule has 0 saturated carbocycles. The first kappa shape index (κ1) is 18.8. The fourth-order valence-electron chi connectivity index (χ4n) is 2.91. The number of likely N-dealkylation sites (tertiary alicyclic amines) is 1. The molecule has 1 heterocycles. The number of ether oxygens (including phenoxy) is 1. The van der Waals surface area contributed by atoms with Crippen LogP contribution in [-0.2, 0) is 9.53 Å². The summed E-state index contributed by atoms with van der Waals surface area (Å²) in [6, 6.07) is 7.02.